The molecule has 3 fully saturated rings. The Morgan fingerprint density at radius 2 is 2.11 bits per heavy atom. The van der Waals surface area contributed by atoms with Crippen LogP contribution in [0.15, 0.2) is 24.5 Å². The Kier molecular flexibility index (Phi) is 7.02. The third-order valence-electron chi connectivity index (χ3n) is 9.83. The Morgan fingerprint density at radius 1 is 1.22 bits per heavy atom. The quantitative estimate of drug-likeness (QED) is 0.299. The molecule has 0 aliphatic carbocycles. The van der Waals surface area contributed by atoms with Crippen LogP contribution in [0.3, 0.4) is 0 Å². The molecule has 0 saturated carbocycles. The number of benzene rings is 1. The molecule has 14 heteroatoms. The molecular weight excluding hydrogens is 618 g/mol. The van der Waals surface area contributed by atoms with Gasteiger partial charge in [0.25, 0.3) is 0 Å². The van der Waals surface area contributed by atoms with Crippen LogP contribution in [-0.2, 0) is 4.74 Å². The van der Waals surface area contributed by atoms with E-state index < -0.39 is 29.2 Å². The summed E-state index contributed by atoms with van der Waals surface area (Å²) in [6.45, 7) is 4.42. The van der Waals surface area contributed by atoms with Crippen molar-refractivity contribution in [3.8, 4) is 17.3 Å². The van der Waals surface area contributed by atoms with Gasteiger partial charge in [-0.1, -0.05) is 23.8 Å². The normalized spacial score (nSPS) is 27.2. The molecule has 11 nitrogen and oxygen atoms in total. The van der Waals surface area contributed by atoms with Crippen molar-refractivity contribution < 1.29 is 23.0 Å². The van der Waals surface area contributed by atoms with E-state index in [0.29, 0.717) is 77.2 Å². The zero-order valence-electron chi connectivity index (χ0n) is 25.3. The lowest BCUT2D eigenvalue weighted by Crippen LogP contribution is -2.48. The first-order valence-electron chi connectivity index (χ1n) is 15.6. The summed E-state index contributed by atoms with van der Waals surface area (Å²) in [5, 5.41) is 11.5. The number of H-pyrrole nitrogens is 1. The predicted molar refractivity (Wildman–Crippen MR) is 169 cm³/mol. The Hall–Kier alpha value is -4.10. The molecule has 6 bridgehead atoms. The average molecular weight is 651 g/mol. The van der Waals surface area contributed by atoms with E-state index >= 15 is 4.39 Å². The number of pyridine rings is 1. The van der Waals surface area contributed by atoms with E-state index in [4.69, 9.17) is 26.1 Å². The lowest BCUT2D eigenvalue weighted by atomic mass is 9.95. The lowest BCUT2D eigenvalue weighted by Gasteiger charge is -2.31. The van der Waals surface area contributed by atoms with Gasteiger partial charge in [0.15, 0.2) is 5.82 Å². The molecule has 4 aromatic rings. The van der Waals surface area contributed by atoms with E-state index in [1.807, 2.05) is 17.9 Å². The molecule has 240 valence electrons. The number of aromatic nitrogens is 5. The van der Waals surface area contributed by atoms with Gasteiger partial charge in [-0.2, -0.15) is 15.1 Å². The maximum absolute atomic E-state index is 17.0. The largest absolute Gasteiger partial charge is 0.461 e. The number of hydrogen-bond acceptors (Lipinski definition) is 9. The van der Waals surface area contributed by atoms with Crippen molar-refractivity contribution in [2.75, 3.05) is 44.3 Å². The summed E-state index contributed by atoms with van der Waals surface area (Å²) in [4.78, 5) is 30.9. The topological polar surface area (TPSA) is 121 Å². The molecule has 46 heavy (non-hydrogen) atoms. The molecule has 0 radical (unpaired) electrons. The number of alkyl halides is 1. The molecule has 1 aromatic carbocycles. The second-order valence-electron chi connectivity index (χ2n) is 13.0. The molecular formula is C32H33ClF2N8O3. The van der Waals surface area contributed by atoms with Crippen LogP contribution in [0.2, 0.25) is 5.02 Å². The maximum atomic E-state index is 17.0. The van der Waals surface area contributed by atoms with Gasteiger partial charge in [0.05, 0.1) is 39.8 Å². The molecule has 0 spiro atoms. The van der Waals surface area contributed by atoms with Gasteiger partial charge in [0.1, 0.15) is 29.8 Å². The highest BCUT2D eigenvalue weighted by atomic mass is 35.5. The Bertz CT molecular complexity index is 1900. The SMILES string of the molecule is C[C@@]12CCN(C1)c1nc(OC[C@@]34CCCN3C[C@H](F)C4)nc3c(F)c(ncc13)-c1c(c(Cl)cc3[nH]ncc13)/C=C\CCOC(=O)N2. The van der Waals surface area contributed by atoms with Gasteiger partial charge in [-0.3, -0.25) is 15.0 Å². The third-order valence-corrected chi connectivity index (χ3v) is 10.1. The summed E-state index contributed by atoms with van der Waals surface area (Å²) in [5.74, 6) is -0.213. The van der Waals surface area contributed by atoms with Gasteiger partial charge in [-0.15, -0.1) is 0 Å². The van der Waals surface area contributed by atoms with Crippen LogP contribution in [0.1, 0.15) is 44.6 Å². The molecule has 5 aliphatic rings. The van der Waals surface area contributed by atoms with Crippen molar-refractivity contribution in [3.05, 3.63) is 40.9 Å². The molecule has 2 N–H and O–H groups in total. The van der Waals surface area contributed by atoms with Gasteiger partial charge < -0.3 is 19.7 Å². The number of halogens is 3. The van der Waals surface area contributed by atoms with Crippen molar-refractivity contribution in [1.82, 2.24) is 35.4 Å². The van der Waals surface area contributed by atoms with Gasteiger partial charge in [0.2, 0.25) is 0 Å². The molecule has 0 unspecified atom stereocenters. The molecule has 9 rings (SSSR count). The van der Waals surface area contributed by atoms with Gasteiger partial charge in [0, 0.05) is 48.8 Å². The van der Waals surface area contributed by atoms with Crippen LogP contribution in [0.4, 0.5) is 19.4 Å². The summed E-state index contributed by atoms with van der Waals surface area (Å²) >= 11 is 6.74. The first kappa shape index (κ1) is 29.3. The number of ether oxygens (including phenoxy) is 2. The number of hydrogen-bond donors (Lipinski definition) is 2. The summed E-state index contributed by atoms with van der Waals surface area (Å²) < 4.78 is 43.2. The number of amides is 1. The van der Waals surface area contributed by atoms with Crippen molar-refractivity contribution in [1.29, 1.82) is 0 Å². The minimum Gasteiger partial charge on any atom is -0.461 e. The first-order chi connectivity index (χ1) is 22.2. The van der Waals surface area contributed by atoms with E-state index in [-0.39, 0.29) is 30.4 Å². The molecule has 3 atom stereocenters. The molecule has 3 saturated heterocycles. The number of carbonyl (C=O) groups is 1. The van der Waals surface area contributed by atoms with E-state index in [1.165, 1.54) is 0 Å². The van der Waals surface area contributed by atoms with E-state index in [0.717, 1.165) is 19.4 Å². The fraction of sp³-hybridized carbons (Fsp3) is 0.469. The van der Waals surface area contributed by atoms with Crippen molar-refractivity contribution in [3.63, 3.8) is 0 Å². The predicted octanol–water partition coefficient (Wildman–Crippen LogP) is 5.43. The standard InChI is InChI=1S/C32H33ClF2N8O3/c1-31-7-9-42(16-31)28-21-13-36-27(24-19(5-2-3-10-45-30(44)40-31)22(33)11-23-20(24)14-37-41-23)25(35)26(21)38-29(39-28)46-17-32-6-4-8-43(32)15-18(34)12-32/h2,5,11,13-14,18H,3-4,6-10,12,15-17H2,1H3,(H,37,41)(H,40,44)/b5-2-/t18-,31-,32+/m1/s1. The second-order valence-corrected chi connectivity index (χ2v) is 13.4. The molecule has 1 amide bonds. The number of anilines is 1. The number of aromatic amines is 1. The summed E-state index contributed by atoms with van der Waals surface area (Å²) in [6.07, 6.45) is 8.53. The fourth-order valence-electron chi connectivity index (χ4n) is 7.59. The van der Waals surface area contributed by atoms with Crippen molar-refractivity contribution in [2.24, 2.45) is 0 Å². The summed E-state index contributed by atoms with van der Waals surface area (Å²) in [6, 6.07) is 1.73. The molecule has 8 heterocycles. The summed E-state index contributed by atoms with van der Waals surface area (Å²) in [5.41, 5.74) is 0.651. The number of rotatable bonds is 3. The third kappa shape index (κ3) is 4.91. The van der Waals surface area contributed by atoms with E-state index in [1.54, 1.807) is 24.5 Å². The number of alkyl carbamates (subject to hydrolysis) is 1. The minimum absolute atomic E-state index is 0.000595. The summed E-state index contributed by atoms with van der Waals surface area (Å²) in [7, 11) is 0. The highest BCUT2D eigenvalue weighted by Crippen LogP contribution is 2.42. The lowest BCUT2D eigenvalue weighted by molar-refractivity contribution is 0.107. The van der Waals surface area contributed by atoms with Crippen LogP contribution >= 0.6 is 11.6 Å². The van der Waals surface area contributed by atoms with Gasteiger partial charge >= 0.3 is 12.1 Å². The van der Waals surface area contributed by atoms with Crippen LogP contribution in [0, 0.1) is 5.82 Å². The number of nitrogens with zero attached hydrogens (tertiary/aromatic N) is 6. The molecule has 3 aromatic heterocycles. The fourth-order valence-corrected chi connectivity index (χ4v) is 7.86. The van der Waals surface area contributed by atoms with Gasteiger partial charge in [-0.05, 0) is 45.2 Å². The smallest absolute Gasteiger partial charge is 0.407 e. The second kappa shape index (κ2) is 11.0. The molecule has 5 aliphatic heterocycles. The number of nitrogens with one attached hydrogen (secondary N) is 2. The van der Waals surface area contributed by atoms with Crippen molar-refractivity contribution in [2.45, 2.75) is 56.3 Å². The Balaban J connectivity index is 1.30. The van der Waals surface area contributed by atoms with Crippen LogP contribution in [-0.4, -0.2) is 92.8 Å². The number of fused-ring (bicyclic) bond motifs is 8. The zero-order valence-corrected chi connectivity index (χ0v) is 26.0. The van der Waals surface area contributed by atoms with E-state index in [9.17, 15) is 9.18 Å². The van der Waals surface area contributed by atoms with Gasteiger partial charge in [-0.25, -0.2) is 13.6 Å². The maximum Gasteiger partial charge on any atom is 0.407 e. The number of carbonyl (C=O) groups excluding carboxylic acids is 1. The minimum atomic E-state index is -0.915. The average Bonchev–Trinajstić information content (AvgIpc) is 3.79. The van der Waals surface area contributed by atoms with E-state index in [2.05, 4.69) is 30.4 Å². The monoisotopic (exact) mass is 650 g/mol. The van der Waals surface area contributed by atoms with Crippen LogP contribution in [0.25, 0.3) is 39.1 Å². The highest BCUT2D eigenvalue weighted by Gasteiger charge is 2.49. The Labute approximate surface area is 268 Å². The highest BCUT2D eigenvalue weighted by molar-refractivity contribution is 6.33. The van der Waals surface area contributed by atoms with Crippen molar-refractivity contribution >= 4 is 51.4 Å². The Morgan fingerprint density at radius 3 is 3.00 bits per heavy atom. The van der Waals surface area contributed by atoms with Crippen LogP contribution < -0.4 is 15.0 Å². The first-order valence-corrected chi connectivity index (χ1v) is 16.0. The zero-order chi connectivity index (χ0) is 31.6. The van der Waals surface area contributed by atoms with Crippen LogP contribution in [0.5, 0.6) is 6.01 Å².